The Morgan fingerprint density at radius 2 is 2.04 bits per heavy atom. The van der Waals surface area contributed by atoms with E-state index >= 15 is 0 Å². The molecule has 2 aliphatic rings. The number of para-hydroxylation sites is 1. The quantitative estimate of drug-likeness (QED) is 0.863. The van der Waals surface area contributed by atoms with Crippen molar-refractivity contribution in [3.8, 4) is 5.75 Å². The van der Waals surface area contributed by atoms with Gasteiger partial charge in [-0.3, -0.25) is 9.80 Å². The third-order valence-electron chi connectivity index (χ3n) is 3.90. The molecule has 1 aromatic rings. The summed E-state index contributed by atoms with van der Waals surface area (Å²) in [7, 11) is 0. The van der Waals surface area contributed by atoms with Crippen LogP contribution in [0, 0.1) is 0 Å². The average Bonchev–Trinajstić information content (AvgIpc) is 2.81. The molecule has 0 fully saturated rings. The molecule has 0 bridgehead atoms. The summed E-state index contributed by atoms with van der Waals surface area (Å²) in [6.45, 7) is -0.128. The standard InChI is InChI=1S/C16H15F3N4O2/c17-16(18,19)25-13-4-2-1-3-10(13)9-5-6-11-12(7-9)23(8-14(20)24)22-15(11)21/h1-6,12H,7-8H2,(H2,20,24)(H2,21,22). The smallest absolute Gasteiger partial charge is 0.405 e. The molecule has 4 N–H and O–H groups in total. The Bertz CT molecular complexity index is 799. The molecule has 3 rings (SSSR count). The molecule has 132 valence electrons. The van der Waals surface area contributed by atoms with Gasteiger partial charge in [-0.25, -0.2) is 0 Å². The highest BCUT2D eigenvalue weighted by Gasteiger charge is 2.36. The number of hydrazone groups is 1. The van der Waals surface area contributed by atoms with Gasteiger partial charge < -0.3 is 16.2 Å². The molecule has 1 aliphatic heterocycles. The van der Waals surface area contributed by atoms with E-state index in [0.717, 1.165) is 0 Å². The van der Waals surface area contributed by atoms with E-state index in [0.29, 0.717) is 23.1 Å². The van der Waals surface area contributed by atoms with Crippen LogP contribution in [0.1, 0.15) is 12.0 Å². The summed E-state index contributed by atoms with van der Waals surface area (Å²) in [6, 6.07) is 5.53. The van der Waals surface area contributed by atoms with Crippen molar-refractivity contribution < 1.29 is 22.7 Å². The highest BCUT2D eigenvalue weighted by atomic mass is 19.4. The van der Waals surface area contributed by atoms with Crippen LogP contribution in [0.4, 0.5) is 13.2 Å². The van der Waals surface area contributed by atoms with Crippen LogP contribution in [0.3, 0.4) is 0 Å². The molecule has 0 radical (unpaired) electrons. The molecule has 0 spiro atoms. The maximum atomic E-state index is 12.6. The summed E-state index contributed by atoms with van der Waals surface area (Å²) >= 11 is 0. The molecule has 0 aromatic heterocycles. The van der Waals surface area contributed by atoms with Crippen LogP contribution < -0.4 is 16.2 Å². The van der Waals surface area contributed by atoms with E-state index in [1.807, 2.05) is 0 Å². The predicted octanol–water partition coefficient (Wildman–Crippen LogP) is 1.74. The van der Waals surface area contributed by atoms with Crippen molar-refractivity contribution in [2.45, 2.75) is 18.8 Å². The Morgan fingerprint density at radius 3 is 2.72 bits per heavy atom. The van der Waals surface area contributed by atoms with E-state index in [4.69, 9.17) is 11.5 Å². The Labute approximate surface area is 141 Å². The number of ether oxygens (including phenoxy) is 1. The van der Waals surface area contributed by atoms with Crippen molar-refractivity contribution in [3.05, 3.63) is 47.6 Å². The summed E-state index contributed by atoms with van der Waals surface area (Å²) in [5.41, 5.74) is 12.7. The number of amidine groups is 1. The maximum Gasteiger partial charge on any atom is 0.573 e. The van der Waals surface area contributed by atoms with Crippen LogP contribution in [0.2, 0.25) is 0 Å². The number of amides is 1. The van der Waals surface area contributed by atoms with Crippen LogP contribution in [0.15, 0.2) is 47.1 Å². The number of allylic oxidation sites excluding steroid dienone is 2. The van der Waals surface area contributed by atoms with Gasteiger partial charge in [0.2, 0.25) is 5.91 Å². The van der Waals surface area contributed by atoms with Crippen molar-refractivity contribution in [1.82, 2.24) is 5.01 Å². The first-order valence-electron chi connectivity index (χ1n) is 7.40. The van der Waals surface area contributed by atoms with E-state index in [1.165, 1.54) is 17.1 Å². The van der Waals surface area contributed by atoms with Gasteiger partial charge in [0, 0.05) is 11.1 Å². The van der Waals surface area contributed by atoms with Crippen molar-refractivity contribution in [1.29, 1.82) is 0 Å². The fourth-order valence-corrected chi connectivity index (χ4v) is 2.93. The minimum Gasteiger partial charge on any atom is -0.405 e. The first-order chi connectivity index (χ1) is 11.7. The van der Waals surface area contributed by atoms with Gasteiger partial charge in [0.05, 0.1) is 6.04 Å². The number of rotatable bonds is 4. The van der Waals surface area contributed by atoms with Crippen LogP contribution in [0.5, 0.6) is 5.75 Å². The Balaban J connectivity index is 1.92. The number of nitrogens with two attached hydrogens (primary N) is 2. The van der Waals surface area contributed by atoms with Crippen LogP contribution in [-0.2, 0) is 4.79 Å². The minimum atomic E-state index is -4.79. The second kappa shape index (κ2) is 6.15. The fraction of sp³-hybridized carbons (Fsp3) is 0.250. The molecule has 1 aromatic carbocycles. The first kappa shape index (κ1) is 16.9. The number of benzene rings is 1. The molecule has 9 heteroatoms. The molecule has 1 atom stereocenters. The SMILES string of the molecule is NC(=O)CN1N=C(N)C2=CC=C(c3ccccc3OC(F)(F)F)CC21. The van der Waals surface area contributed by atoms with Crippen LogP contribution >= 0.6 is 0 Å². The van der Waals surface area contributed by atoms with Gasteiger partial charge in [-0.15, -0.1) is 13.2 Å². The summed E-state index contributed by atoms with van der Waals surface area (Å²) < 4.78 is 41.9. The number of fused-ring (bicyclic) bond motifs is 1. The molecule has 1 heterocycles. The van der Waals surface area contributed by atoms with Gasteiger partial charge in [0.1, 0.15) is 18.1 Å². The lowest BCUT2D eigenvalue weighted by molar-refractivity contribution is -0.274. The number of carbonyl (C=O) groups is 1. The van der Waals surface area contributed by atoms with Crippen molar-refractivity contribution in [2.24, 2.45) is 16.6 Å². The number of alkyl halides is 3. The van der Waals surface area contributed by atoms with Crippen molar-refractivity contribution >= 4 is 17.3 Å². The Morgan fingerprint density at radius 1 is 1.32 bits per heavy atom. The summed E-state index contributed by atoms with van der Waals surface area (Å²) in [6.07, 6.45) is -1.10. The monoisotopic (exact) mass is 352 g/mol. The van der Waals surface area contributed by atoms with Crippen molar-refractivity contribution in [2.75, 3.05) is 6.54 Å². The van der Waals surface area contributed by atoms with Gasteiger partial charge >= 0.3 is 6.36 Å². The Kier molecular flexibility index (Phi) is 4.15. The fourth-order valence-electron chi connectivity index (χ4n) is 2.93. The molecule has 1 amide bonds. The second-order valence-corrected chi connectivity index (χ2v) is 5.63. The zero-order valence-electron chi connectivity index (χ0n) is 13.0. The number of hydrogen-bond acceptors (Lipinski definition) is 5. The lowest BCUT2D eigenvalue weighted by Gasteiger charge is -2.27. The van der Waals surface area contributed by atoms with Gasteiger partial charge in [0.25, 0.3) is 0 Å². The number of hydrogen-bond donors (Lipinski definition) is 2. The van der Waals surface area contributed by atoms with Gasteiger partial charge in [-0.05, 0) is 18.1 Å². The lowest BCUT2D eigenvalue weighted by atomic mass is 9.89. The number of carbonyl (C=O) groups excluding carboxylic acids is 1. The predicted molar refractivity (Wildman–Crippen MR) is 85.1 cm³/mol. The highest BCUT2D eigenvalue weighted by Crippen LogP contribution is 2.38. The molecular weight excluding hydrogens is 337 g/mol. The van der Waals surface area contributed by atoms with Gasteiger partial charge in [-0.2, -0.15) is 5.10 Å². The third kappa shape index (κ3) is 3.59. The normalized spacial score (nSPS) is 19.7. The molecule has 0 saturated heterocycles. The summed E-state index contributed by atoms with van der Waals surface area (Å²) in [5.74, 6) is -0.595. The topological polar surface area (TPSA) is 93.9 Å². The molecule has 25 heavy (non-hydrogen) atoms. The average molecular weight is 352 g/mol. The van der Waals surface area contributed by atoms with E-state index in [-0.39, 0.29) is 24.2 Å². The minimum absolute atomic E-state index is 0.128. The summed E-state index contributed by atoms with van der Waals surface area (Å²) in [4.78, 5) is 11.2. The largest absolute Gasteiger partial charge is 0.573 e. The third-order valence-corrected chi connectivity index (χ3v) is 3.90. The van der Waals surface area contributed by atoms with E-state index < -0.39 is 12.3 Å². The molecule has 1 unspecified atom stereocenters. The second-order valence-electron chi connectivity index (χ2n) is 5.63. The Hall–Kier alpha value is -2.97. The van der Waals surface area contributed by atoms with Crippen LogP contribution in [0.25, 0.3) is 5.57 Å². The number of primary amides is 1. The maximum absolute atomic E-state index is 12.6. The zero-order valence-corrected chi connectivity index (χ0v) is 13.0. The summed E-state index contributed by atoms with van der Waals surface area (Å²) in [5, 5.41) is 5.55. The van der Waals surface area contributed by atoms with Gasteiger partial charge in [-0.1, -0.05) is 30.4 Å². The van der Waals surface area contributed by atoms with Gasteiger partial charge in [0.15, 0.2) is 0 Å². The molecule has 1 aliphatic carbocycles. The highest BCUT2D eigenvalue weighted by molar-refractivity contribution is 6.01. The van der Waals surface area contributed by atoms with Crippen molar-refractivity contribution in [3.63, 3.8) is 0 Å². The number of halogens is 3. The molecule has 6 nitrogen and oxygen atoms in total. The molecular formula is C16H15F3N4O2. The van der Waals surface area contributed by atoms with E-state index in [9.17, 15) is 18.0 Å². The molecule has 0 saturated carbocycles. The van der Waals surface area contributed by atoms with E-state index in [2.05, 4.69) is 9.84 Å². The van der Waals surface area contributed by atoms with E-state index in [1.54, 1.807) is 24.3 Å². The zero-order chi connectivity index (χ0) is 18.2. The first-order valence-corrected chi connectivity index (χ1v) is 7.40. The van der Waals surface area contributed by atoms with Crippen LogP contribution in [-0.4, -0.2) is 35.7 Å². The number of nitrogens with zero attached hydrogens (tertiary/aromatic N) is 2. The lowest BCUT2D eigenvalue weighted by Crippen LogP contribution is -2.36.